The van der Waals surface area contributed by atoms with Gasteiger partial charge < -0.3 is 14.4 Å². The van der Waals surface area contributed by atoms with Gasteiger partial charge in [0.1, 0.15) is 11.5 Å². The number of ether oxygens (including phenoxy) is 2. The molecule has 0 bridgehead atoms. The molecule has 178 valence electrons. The van der Waals surface area contributed by atoms with Crippen LogP contribution in [0.2, 0.25) is 0 Å². The summed E-state index contributed by atoms with van der Waals surface area (Å²) in [6, 6.07) is 40.8. The molecule has 3 nitrogen and oxygen atoms in total. The average molecular weight is 480 g/mol. The van der Waals surface area contributed by atoms with Crippen LogP contribution in [0.3, 0.4) is 0 Å². The van der Waals surface area contributed by atoms with Crippen LogP contribution in [0.5, 0.6) is 11.5 Å². The molecule has 0 amide bonds. The summed E-state index contributed by atoms with van der Waals surface area (Å²) in [6.45, 7) is 0. The maximum atomic E-state index is 5.61. The molecule has 0 spiro atoms. The zero-order chi connectivity index (χ0) is 24.9. The Morgan fingerprint density at radius 3 is 1.41 bits per heavy atom. The molecule has 0 radical (unpaired) electrons. The van der Waals surface area contributed by atoms with Gasteiger partial charge in [-0.1, -0.05) is 66.7 Å². The first-order valence-electron chi connectivity index (χ1n) is 12.4. The van der Waals surface area contributed by atoms with E-state index in [2.05, 4.69) is 120 Å². The third-order valence-electron chi connectivity index (χ3n) is 7.38. The monoisotopic (exact) mass is 479 g/mol. The van der Waals surface area contributed by atoms with E-state index in [1.54, 1.807) is 14.2 Å². The maximum absolute atomic E-state index is 5.61. The topological polar surface area (TPSA) is 21.7 Å². The van der Waals surface area contributed by atoms with Crippen LogP contribution in [0.25, 0.3) is 22.3 Å². The lowest BCUT2D eigenvalue weighted by Gasteiger charge is -2.35. The molecule has 0 fully saturated rings. The van der Waals surface area contributed by atoms with Crippen LogP contribution in [-0.2, 0) is 0 Å². The van der Waals surface area contributed by atoms with Gasteiger partial charge in [0.05, 0.1) is 25.6 Å². The van der Waals surface area contributed by atoms with Crippen molar-refractivity contribution in [3.05, 3.63) is 138 Å². The molecule has 5 aromatic rings. The number of fused-ring (bicyclic) bond motifs is 5. The van der Waals surface area contributed by atoms with Crippen LogP contribution in [0.1, 0.15) is 22.3 Å². The highest BCUT2D eigenvalue weighted by Gasteiger charge is 2.34. The fourth-order valence-electron chi connectivity index (χ4n) is 5.76. The SMILES string of the molecule is COc1ccc2c(c1)-c1cc(OC)ccc1C2=C1c2ccccc2N(c2ccccc2)c2ccccc21. The highest BCUT2D eigenvalue weighted by Crippen LogP contribution is 2.56. The molecule has 1 aliphatic carbocycles. The standard InChI is InChI=1S/C34H25NO2/c1-36-23-16-18-25-29(20-23)30-21-24(37-2)17-19-26(30)33(25)34-27-12-6-8-14-31(27)35(22-10-4-3-5-11-22)32-15-9-7-13-28(32)34/h3-21H,1-2H3. The van der Waals surface area contributed by atoms with Crippen molar-refractivity contribution < 1.29 is 9.47 Å². The zero-order valence-electron chi connectivity index (χ0n) is 20.7. The molecule has 0 saturated carbocycles. The van der Waals surface area contributed by atoms with E-state index in [1.165, 1.54) is 44.8 Å². The summed E-state index contributed by atoms with van der Waals surface area (Å²) in [5.74, 6) is 1.69. The Morgan fingerprint density at radius 2 is 0.892 bits per heavy atom. The van der Waals surface area contributed by atoms with Crippen molar-refractivity contribution in [1.29, 1.82) is 0 Å². The van der Waals surface area contributed by atoms with Crippen molar-refractivity contribution in [2.45, 2.75) is 0 Å². The molecule has 0 atom stereocenters. The van der Waals surface area contributed by atoms with E-state index >= 15 is 0 Å². The number of hydrogen-bond donors (Lipinski definition) is 0. The van der Waals surface area contributed by atoms with E-state index < -0.39 is 0 Å². The first-order valence-corrected chi connectivity index (χ1v) is 12.4. The lowest BCUT2D eigenvalue weighted by molar-refractivity contribution is 0.414. The Balaban J connectivity index is 1.60. The van der Waals surface area contributed by atoms with Crippen LogP contribution in [0.4, 0.5) is 17.1 Å². The van der Waals surface area contributed by atoms with Crippen molar-refractivity contribution in [3.8, 4) is 22.6 Å². The fourth-order valence-corrected chi connectivity index (χ4v) is 5.76. The summed E-state index contributed by atoms with van der Waals surface area (Å²) in [5, 5.41) is 0. The van der Waals surface area contributed by atoms with Crippen molar-refractivity contribution in [1.82, 2.24) is 0 Å². The Bertz CT molecular complexity index is 1600. The molecule has 1 aliphatic heterocycles. The number of hydrogen-bond acceptors (Lipinski definition) is 3. The Hall–Kier alpha value is -4.76. The molecule has 2 aliphatic rings. The second kappa shape index (κ2) is 8.42. The number of methoxy groups -OCH3 is 2. The lowest BCUT2D eigenvalue weighted by Crippen LogP contribution is -2.18. The minimum absolute atomic E-state index is 0.846. The molecular weight excluding hydrogens is 454 g/mol. The van der Waals surface area contributed by atoms with Gasteiger partial charge in [-0.05, 0) is 76.4 Å². The highest BCUT2D eigenvalue weighted by molar-refractivity contribution is 6.18. The maximum Gasteiger partial charge on any atom is 0.119 e. The van der Waals surface area contributed by atoms with Gasteiger partial charge in [-0.2, -0.15) is 0 Å². The number of anilines is 3. The van der Waals surface area contributed by atoms with Gasteiger partial charge in [0, 0.05) is 22.4 Å². The molecule has 7 rings (SSSR count). The summed E-state index contributed by atoms with van der Waals surface area (Å²) in [6.07, 6.45) is 0. The number of benzene rings is 5. The van der Waals surface area contributed by atoms with Crippen LogP contribution in [0.15, 0.2) is 115 Å². The first-order chi connectivity index (χ1) is 18.3. The molecule has 0 unspecified atom stereocenters. The third kappa shape index (κ3) is 3.21. The fraction of sp³-hybridized carbons (Fsp3) is 0.0588. The van der Waals surface area contributed by atoms with Crippen LogP contribution in [-0.4, -0.2) is 14.2 Å². The molecule has 0 N–H and O–H groups in total. The van der Waals surface area contributed by atoms with Crippen molar-refractivity contribution in [3.63, 3.8) is 0 Å². The summed E-state index contributed by atoms with van der Waals surface area (Å²) in [5.41, 5.74) is 13.1. The number of para-hydroxylation sites is 3. The van der Waals surface area contributed by atoms with Gasteiger partial charge in [0.15, 0.2) is 0 Å². The van der Waals surface area contributed by atoms with E-state index in [0.717, 1.165) is 28.3 Å². The van der Waals surface area contributed by atoms with E-state index in [1.807, 2.05) is 0 Å². The average Bonchev–Trinajstić information content (AvgIpc) is 3.28. The van der Waals surface area contributed by atoms with Gasteiger partial charge in [-0.3, -0.25) is 0 Å². The van der Waals surface area contributed by atoms with Gasteiger partial charge in [0.2, 0.25) is 0 Å². The van der Waals surface area contributed by atoms with E-state index in [-0.39, 0.29) is 0 Å². The van der Waals surface area contributed by atoms with Crippen LogP contribution >= 0.6 is 0 Å². The molecular formula is C34H25NO2. The van der Waals surface area contributed by atoms with E-state index in [4.69, 9.17) is 9.47 Å². The molecule has 5 aromatic carbocycles. The third-order valence-corrected chi connectivity index (χ3v) is 7.38. The van der Waals surface area contributed by atoms with Crippen molar-refractivity contribution in [2.24, 2.45) is 0 Å². The van der Waals surface area contributed by atoms with Gasteiger partial charge in [-0.15, -0.1) is 0 Å². The predicted molar refractivity (Wildman–Crippen MR) is 151 cm³/mol. The first kappa shape index (κ1) is 21.5. The molecule has 0 saturated heterocycles. The second-order valence-electron chi connectivity index (χ2n) is 9.28. The van der Waals surface area contributed by atoms with Gasteiger partial charge in [0.25, 0.3) is 0 Å². The second-order valence-corrected chi connectivity index (χ2v) is 9.28. The molecule has 0 aromatic heterocycles. The van der Waals surface area contributed by atoms with Crippen LogP contribution < -0.4 is 14.4 Å². The van der Waals surface area contributed by atoms with Crippen LogP contribution in [0, 0.1) is 0 Å². The highest BCUT2D eigenvalue weighted by atomic mass is 16.5. The zero-order valence-corrected chi connectivity index (χ0v) is 20.7. The van der Waals surface area contributed by atoms with Gasteiger partial charge >= 0.3 is 0 Å². The summed E-state index contributed by atoms with van der Waals surface area (Å²) in [4.78, 5) is 2.37. The Kier molecular flexibility index (Phi) is 4.90. The summed E-state index contributed by atoms with van der Waals surface area (Å²) < 4.78 is 11.2. The smallest absolute Gasteiger partial charge is 0.119 e. The predicted octanol–water partition coefficient (Wildman–Crippen LogP) is 8.47. The Labute approximate surface area is 216 Å². The minimum atomic E-state index is 0.846. The quantitative estimate of drug-likeness (QED) is 0.254. The minimum Gasteiger partial charge on any atom is -0.497 e. The number of rotatable bonds is 3. The van der Waals surface area contributed by atoms with Crippen molar-refractivity contribution >= 4 is 28.2 Å². The summed E-state index contributed by atoms with van der Waals surface area (Å²) in [7, 11) is 3.43. The van der Waals surface area contributed by atoms with Crippen molar-refractivity contribution in [2.75, 3.05) is 19.1 Å². The van der Waals surface area contributed by atoms with E-state index in [0.29, 0.717) is 0 Å². The Morgan fingerprint density at radius 1 is 0.432 bits per heavy atom. The molecule has 37 heavy (non-hydrogen) atoms. The van der Waals surface area contributed by atoms with Gasteiger partial charge in [-0.25, -0.2) is 0 Å². The lowest BCUT2D eigenvalue weighted by atomic mass is 9.83. The van der Waals surface area contributed by atoms with E-state index in [9.17, 15) is 0 Å². The summed E-state index contributed by atoms with van der Waals surface area (Å²) >= 11 is 0. The normalized spacial score (nSPS) is 13.0. The molecule has 1 heterocycles. The molecule has 3 heteroatoms. The largest absolute Gasteiger partial charge is 0.497 e. The number of nitrogens with zero attached hydrogens (tertiary/aromatic N) is 1.